The van der Waals surface area contributed by atoms with E-state index in [1.807, 2.05) is 0 Å². The molecule has 0 amide bonds. The average Bonchev–Trinajstić information content (AvgIpc) is 1.61. The molecule has 0 aromatic carbocycles. The summed E-state index contributed by atoms with van der Waals surface area (Å²) in [6.45, 7) is 0. The van der Waals surface area contributed by atoms with E-state index < -0.39 is 33.8 Å². The van der Waals surface area contributed by atoms with Crippen LogP contribution < -0.4 is 0 Å². The topological polar surface area (TPSA) is 18.5 Å². The Morgan fingerprint density at radius 1 is 1.00 bits per heavy atom. The van der Waals surface area contributed by atoms with Crippen molar-refractivity contribution in [2.75, 3.05) is 0 Å². The quantitative estimate of drug-likeness (QED) is 0.308. The molecule has 0 saturated heterocycles. The van der Waals surface area contributed by atoms with Crippen molar-refractivity contribution in [3.8, 4) is 0 Å². The van der Waals surface area contributed by atoms with Crippen molar-refractivity contribution in [2.24, 2.45) is 0 Å². The Labute approximate surface area is 81.7 Å². The van der Waals surface area contributed by atoms with E-state index in [1.54, 1.807) is 0 Å². The summed E-state index contributed by atoms with van der Waals surface area (Å²) in [6, 6.07) is 0. The second kappa shape index (κ2) is 6.62. The summed E-state index contributed by atoms with van der Waals surface area (Å²) in [5.41, 5.74) is 0. The van der Waals surface area contributed by atoms with Crippen LogP contribution in [0.5, 0.6) is 0 Å². The van der Waals surface area contributed by atoms with Gasteiger partial charge in [-0.3, -0.25) is 0 Å². The van der Waals surface area contributed by atoms with Gasteiger partial charge in [-0.1, -0.05) is 0 Å². The normalized spacial score (nSPS) is 13.5. The van der Waals surface area contributed by atoms with Crippen LogP contribution in [-0.2, 0) is 6.43 Å². The van der Waals surface area contributed by atoms with Gasteiger partial charge in [0.05, 0.1) is 0 Å². The third-order valence-corrected chi connectivity index (χ3v) is 3.69. The van der Waals surface area contributed by atoms with E-state index in [2.05, 4.69) is 31.8 Å². The number of halogens is 6. The minimum absolute atomic E-state index is 1.88. The standard InChI is InChI=1S/Br2Cl2I2O2/c1-5(3)7-8-6(2)4. The summed E-state index contributed by atoms with van der Waals surface area (Å²) >= 11 is 2.28. The molecule has 0 unspecified atom stereocenters. The van der Waals surface area contributed by atoms with Crippen molar-refractivity contribution in [1.82, 2.24) is 0 Å². The zero-order valence-corrected chi connectivity index (χ0v) is 12.1. The van der Waals surface area contributed by atoms with E-state index in [0.717, 1.165) is 0 Å². The molecule has 0 aliphatic carbocycles. The summed E-state index contributed by atoms with van der Waals surface area (Å²) in [7, 11) is 10.8. The van der Waals surface area contributed by atoms with Gasteiger partial charge in [0.2, 0.25) is 0 Å². The SMILES string of the molecule is ClI(Br)OOI(Cl)Br. The molecule has 0 rings (SSSR count). The van der Waals surface area contributed by atoms with Gasteiger partial charge in [-0.25, -0.2) is 0 Å². The molecule has 2 nitrogen and oxygen atoms in total. The first-order valence-corrected chi connectivity index (χ1v) is 17.9. The number of hydrogen-bond acceptors (Lipinski definition) is 2. The van der Waals surface area contributed by atoms with Crippen LogP contribution in [0.4, 0.5) is 0 Å². The second-order valence-corrected chi connectivity index (χ2v) is 18.6. The first kappa shape index (κ1) is 10.9. The van der Waals surface area contributed by atoms with Crippen LogP contribution in [0, 0.1) is 0 Å². The van der Waals surface area contributed by atoms with Crippen molar-refractivity contribution < 1.29 is 6.43 Å². The van der Waals surface area contributed by atoms with E-state index in [1.165, 1.54) is 0 Å². The molecule has 0 aliphatic rings. The molecular weight excluding hydrogens is 517 g/mol. The predicted molar refractivity (Wildman–Crippen MR) is 59.8 cm³/mol. The summed E-state index contributed by atoms with van der Waals surface area (Å²) in [5, 5.41) is 0. The van der Waals surface area contributed by atoms with Gasteiger partial charge in [0.1, 0.15) is 0 Å². The maximum absolute atomic E-state index is 5.39. The molecule has 8 heavy (non-hydrogen) atoms. The second-order valence-electron chi connectivity index (χ2n) is 0.467. The van der Waals surface area contributed by atoms with Crippen LogP contribution in [0.15, 0.2) is 0 Å². The monoisotopic (exact) mass is 514 g/mol. The van der Waals surface area contributed by atoms with Gasteiger partial charge in [0, 0.05) is 0 Å². The molecule has 0 fully saturated rings. The van der Waals surface area contributed by atoms with Crippen molar-refractivity contribution in [3.63, 3.8) is 0 Å². The Kier molecular flexibility index (Phi) is 9.04. The van der Waals surface area contributed by atoms with E-state index in [4.69, 9.17) is 17.8 Å². The summed E-state index contributed by atoms with van der Waals surface area (Å²) in [4.78, 5) is 0. The molecule has 8 heteroatoms. The van der Waals surface area contributed by atoms with Crippen LogP contribution in [0.2, 0.25) is 0 Å². The van der Waals surface area contributed by atoms with Crippen molar-refractivity contribution in [2.45, 2.75) is 0 Å². The molecule has 0 bridgehead atoms. The van der Waals surface area contributed by atoms with Crippen LogP contribution in [-0.4, -0.2) is 0 Å². The van der Waals surface area contributed by atoms with Crippen LogP contribution >= 0.6 is 77.0 Å². The van der Waals surface area contributed by atoms with E-state index in [0.29, 0.717) is 0 Å². The third kappa shape index (κ3) is 8.92. The zero-order chi connectivity index (χ0) is 6.57. The van der Waals surface area contributed by atoms with Gasteiger partial charge in [-0.15, -0.1) is 0 Å². The average molecular weight is 517 g/mol. The molecule has 0 N–H and O–H groups in total. The fraction of sp³-hybridized carbons (Fsp3) is 0. The molecule has 0 aromatic rings. The fourth-order valence-electron chi connectivity index (χ4n) is 0.0360. The summed E-state index contributed by atoms with van der Waals surface area (Å²) < 4.78 is 9.07. The van der Waals surface area contributed by atoms with Crippen LogP contribution in [0.1, 0.15) is 0 Å². The molecule has 0 radical (unpaired) electrons. The van der Waals surface area contributed by atoms with E-state index in [-0.39, 0.29) is 0 Å². The van der Waals surface area contributed by atoms with E-state index in [9.17, 15) is 0 Å². The Hall–Kier alpha value is 2.92. The molecule has 0 spiro atoms. The van der Waals surface area contributed by atoms with E-state index >= 15 is 0 Å². The molecule has 0 heterocycles. The van der Waals surface area contributed by atoms with Gasteiger partial charge in [0.25, 0.3) is 0 Å². The first-order chi connectivity index (χ1) is 3.63. The molecule has 0 aromatic heterocycles. The summed E-state index contributed by atoms with van der Waals surface area (Å²) in [5.74, 6) is 0. The minimum atomic E-state index is -1.88. The van der Waals surface area contributed by atoms with Crippen LogP contribution in [0.3, 0.4) is 0 Å². The Balaban J connectivity index is 2.93. The number of rotatable bonds is 3. The van der Waals surface area contributed by atoms with Crippen molar-refractivity contribution >= 4 is 77.0 Å². The Morgan fingerprint density at radius 3 is 1.38 bits per heavy atom. The van der Waals surface area contributed by atoms with Crippen LogP contribution in [0.25, 0.3) is 0 Å². The molecule has 0 saturated carbocycles. The number of hydrogen-bond donors (Lipinski definition) is 0. The van der Waals surface area contributed by atoms with Gasteiger partial charge in [-0.2, -0.15) is 0 Å². The zero-order valence-electron chi connectivity index (χ0n) is 3.08. The van der Waals surface area contributed by atoms with Gasteiger partial charge < -0.3 is 0 Å². The Bertz CT molecular complexity index is 52.0. The molecule has 0 atom stereocenters. The summed E-state index contributed by atoms with van der Waals surface area (Å²) in [6.07, 6.45) is 0. The molecular formula is Br2Cl2I2O2. The van der Waals surface area contributed by atoms with Gasteiger partial charge >= 0.3 is 83.4 Å². The third-order valence-electron chi connectivity index (χ3n) is 0.119. The molecule has 0 aliphatic heterocycles. The first-order valence-electron chi connectivity index (χ1n) is 1.05. The molecule has 54 valence electrons. The van der Waals surface area contributed by atoms with Crippen molar-refractivity contribution in [1.29, 1.82) is 0 Å². The van der Waals surface area contributed by atoms with Gasteiger partial charge in [-0.05, 0) is 0 Å². The predicted octanol–water partition coefficient (Wildman–Crippen LogP) is 4.70. The fourth-order valence-corrected chi connectivity index (χ4v) is 6.64. The van der Waals surface area contributed by atoms with Gasteiger partial charge in [0.15, 0.2) is 0 Å². The Morgan fingerprint density at radius 2 is 1.25 bits per heavy atom. The van der Waals surface area contributed by atoms with Crippen molar-refractivity contribution in [3.05, 3.63) is 0 Å². The maximum atomic E-state index is 5.39.